The fraction of sp³-hybridized carbons (Fsp3) is 0.231. The summed E-state index contributed by atoms with van der Waals surface area (Å²) in [4.78, 5) is 12.8. The molecule has 0 bridgehead atoms. The number of halogens is 1. The zero-order chi connectivity index (χ0) is 13.8. The highest BCUT2D eigenvalue weighted by molar-refractivity contribution is 7.11. The molecule has 6 heteroatoms. The van der Waals surface area contributed by atoms with E-state index in [1.165, 1.54) is 21.9 Å². The molecule has 0 aliphatic carbocycles. The summed E-state index contributed by atoms with van der Waals surface area (Å²) in [6.45, 7) is 3.31. The van der Waals surface area contributed by atoms with E-state index in [2.05, 4.69) is 24.4 Å². The van der Waals surface area contributed by atoms with Crippen molar-refractivity contribution >= 4 is 28.6 Å². The van der Waals surface area contributed by atoms with Crippen LogP contribution in [-0.4, -0.2) is 4.92 Å². The van der Waals surface area contributed by atoms with E-state index in [1.807, 2.05) is 0 Å². The number of nitro groups is 1. The van der Waals surface area contributed by atoms with Gasteiger partial charge in [0.25, 0.3) is 5.69 Å². The van der Waals surface area contributed by atoms with Crippen molar-refractivity contribution in [1.82, 2.24) is 5.32 Å². The van der Waals surface area contributed by atoms with Gasteiger partial charge in [-0.3, -0.25) is 10.1 Å². The summed E-state index contributed by atoms with van der Waals surface area (Å²) < 4.78 is 0. The Kier molecular flexibility index (Phi) is 4.52. The van der Waals surface area contributed by atoms with Crippen LogP contribution >= 0.6 is 22.9 Å². The van der Waals surface area contributed by atoms with Gasteiger partial charge >= 0.3 is 0 Å². The number of hydrogen-bond donors (Lipinski definition) is 1. The standard InChI is InChI=1S/C13H13ClN2O2S/c1-9-2-4-12(19-9)8-15-7-10-6-11(16(17)18)3-5-13(10)14/h2-6,15H,7-8H2,1H3. The van der Waals surface area contributed by atoms with Crippen molar-refractivity contribution in [2.75, 3.05) is 0 Å². The Labute approximate surface area is 120 Å². The SMILES string of the molecule is Cc1ccc(CNCc2cc([N+](=O)[O-])ccc2Cl)s1. The number of nitrogens with zero attached hydrogens (tertiary/aromatic N) is 1. The van der Waals surface area contributed by atoms with Gasteiger partial charge in [-0.1, -0.05) is 11.6 Å². The van der Waals surface area contributed by atoms with Crippen LogP contribution in [-0.2, 0) is 13.1 Å². The molecule has 1 N–H and O–H groups in total. The summed E-state index contributed by atoms with van der Waals surface area (Å²) in [5.74, 6) is 0. The molecule has 0 saturated heterocycles. The van der Waals surface area contributed by atoms with Gasteiger partial charge in [-0.25, -0.2) is 0 Å². The average molecular weight is 297 g/mol. The number of non-ortho nitro benzene ring substituents is 1. The number of nitrogens with one attached hydrogen (secondary N) is 1. The van der Waals surface area contributed by atoms with E-state index in [0.717, 1.165) is 12.1 Å². The number of rotatable bonds is 5. The van der Waals surface area contributed by atoms with Crippen LogP contribution in [0.25, 0.3) is 0 Å². The zero-order valence-corrected chi connectivity index (χ0v) is 11.9. The van der Waals surface area contributed by atoms with Gasteiger partial charge < -0.3 is 5.32 Å². The van der Waals surface area contributed by atoms with Crippen LogP contribution in [0.4, 0.5) is 5.69 Å². The Morgan fingerprint density at radius 1 is 1.32 bits per heavy atom. The predicted octanol–water partition coefficient (Wildman–Crippen LogP) is 3.91. The van der Waals surface area contributed by atoms with E-state index in [1.54, 1.807) is 17.4 Å². The summed E-state index contributed by atoms with van der Waals surface area (Å²) >= 11 is 7.76. The summed E-state index contributed by atoms with van der Waals surface area (Å²) in [5, 5.41) is 14.5. The van der Waals surface area contributed by atoms with Gasteiger partial charge in [0.05, 0.1) is 4.92 Å². The van der Waals surface area contributed by atoms with E-state index in [9.17, 15) is 10.1 Å². The Hall–Kier alpha value is -1.43. The highest BCUT2D eigenvalue weighted by Crippen LogP contribution is 2.22. The maximum atomic E-state index is 10.7. The Morgan fingerprint density at radius 3 is 2.74 bits per heavy atom. The number of nitro benzene ring substituents is 1. The molecule has 1 aromatic carbocycles. The molecule has 0 fully saturated rings. The van der Waals surface area contributed by atoms with Gasteiger partial charge in [-0.15, -0.1) is 11.3 Å². The normalized spacial score (nSPS) is 10.6. The van der Waals surface area contributed by atoms with Crippen LogP contribution in [0.5, 0.6) is 0 Å². The highest BCUT2D eigenvalue weighted by Gasteiger charge is 2.09. The first kappa shape index (κ1) is 14.0. The van der Waals surface area contributed by atoms with Crippen molar-refractivity contribution < 1.29 is 4.92 Å². The van der Waals surface area contributed by atoms with Crippen molar-refractivity contribution in [1.29, 1.82) is 0 Å². The van der Waals surface area contributed by atoms with Gasteiger partial charge in [0, 0.05) is 40.0 Å². The maximum absolute atomic E-state index is 10.7. The molecular formula is C13H13ClN2O2S. The molecule has 2 rings (SSSR count). The van der Waals surface area contributed by atoms with Crippen LogP contribution in [0.15, 0.2) is 30.3 Å². The van der Waals surface area contributed by atoms with E-state index in [4.69, 9.17) is 11.6 Å². The van der Waals surface area contributed by atoms with E-state index in [-0.39, 0.29) is 5.69 Å². The monoisotopic (exact) mass is 296 g/mol. The Bertz CT molecular complexity index is 598. The van der Waals surface area contributed by atoms with Crippen LogP contribution in [0, 0.1) is 17.0 Å². The van der Waals surface area contributed by atoms with Crippen LogP contribution < -0.4 is 5.32 Å². The third kappa shape index (κ3) is 3.76. The minimum absolute atomic E-state index is 0.0631. The smallest absolute Gasteiger partial charge is 0.269 e. The Morgan fingerprint density at radius 2 is 2.11 bits per heavy atom. The topological polar surface area (TPSA) is 55.2 Å². The molecule has 0 spiro atoms. The summed E-state index contributed by atoms with van der Waals surface area (Å²) in [6.07, 6.45) is 0. The lowest BCUT2D eigenvalue weighted by Crippen LogP contribution is -2.12. The van der Waals surface area contributed by atoms with E-state index in [0.29, 0.717) is 11.6 Å². The third-order valence-electron chi connectivity index (χ3n) is 2.65. The van der Waals surface area contributed by atoms with Crippen LogP contribution in [0.3, 0.4) is 0 Å². The number of benzene rings is 1. The van der Waals surface area contributed by atoms with Gasteiger partial charge in [-0.2, -0.15) is 0 Å². The molecule has 0 radical (unpaired) electrons. The molecule has 0 atom stereocenters. The molecule has 0 aliphatic heterocycles. The Balaban J connectivity index is 1.99. The molecule has 2 aromatic rings. The minimum atomic E-state index is -0.414. The lowest BCUT2D eigenvalue weighted by molar-refractivity contribution is -0.384. The molecule has 1 heterocycles. The average Bonchev–Trinajstić information content (AvgIpc) is 2.77. The summed E-state index contributed by atoms with van der Waals surface area (Å²) in [5.41, 5.74) is 0.803. The quantitative estimate of drug-likeness (QED) is 0.672. The minimum Gasteiger partial charge on any atom is -0.308 e. The first-order chi connectivity index (χ1) is 9.06. The lowest BCUT2D eigenvalue weighted by atomic mass is 10.2. The lowest BCUT2D eigenvalue weighted by Gasteiger charge is -2.05. The molecule has 4 nitrogen and oxygen atoms in total. The van der Waals surface area contributed by atoms with Crippen molar-refractivity contribution in [2.24, 2.45) is 0 Å². The molecule has 0 amide bonds. The summed E-state index contributed by atoms with van der Waals surface area (Å²) in [7, 11) is 0. The molecular weight excluding hydrogens is 284 g/mol. The number of hydrogen-bond acceptors (Lipinski definition) is 4. The van der Waals surface area contributed by atoms with E-state index < -0.39 is 4.92 Å². The molecule has 19 heavy (non-hydrogen) atoms. The maximum Gasteiger partial charge on any atom is 0.269 e. The fourth-order valence-corrected chi connectivity index (χ4v) is 2.76. The van der Waals surface area contributed by atoms with Gasteiger partial charge in [0.15, 0.2) is 0 Å². The highest BCUT2D eigenvalue weighted by atomic mass is 35.5. The first-order valence-electron chi connectivity index (χ1n) is 5.75. The molecule has 100 valence electrons. The van der Waals surface area contributed by atoms with Crippen LogP contribution in [0.1, 0.15) is 15.3 Å². The largest absolute Gasteiger partial charge is 0.308 e. The van der Waals surface area contributed by atoms with Crippen molar-refractivity contribution in [2.45, 2.75) is 20.0 Å². The zero-order valence-electron chi connectivity index (χ0n) is 10.4. The fourth-order valence-electron chi connectivity index (χ4n) is 1.71. The van der Waals surface area contributed by atoms with Crippen molar-refractivity contribution in [3.63, 3.8) is 0 Å². The summed E-state index contributed by atoms with van der Waals surface area (Å²) in [6, 6.07) is 8.62. The second-order valence-corrected chi connectivity index (χ2v) is 5.93. The molecule has 0 unspecified atom stereocenters. The van der Waals surface area contributed by atoms with Crippen molar-refractivity contribution in [3.8, 4) is 0 Å². The molecule has 0 saturated carbocycles. The second-order valence-electron chi connectivity index (χ2n) is 4.15. The number of aryl methyl sites for hydroxylation is 1. The van der Waals surface area contributed by atoms with Gasteiger partial charge in [-0.05, 0) is 30.7 Å². The van der Waals surface area contributed by atoms with Crippen LogP contribution in [0.2, 0.25) is 5.02 Å². The third-order valence-corrected chi connectivity index (χ3v) is 4.02. The number of thiophene rings is 1. The first-order valence-corrected chi connectivity index (χ1v) is 6.94. The van der Waals surface area contributed by atoms with Crippen molar-refractivity contribution in [3.05, 3.63) is 60.8 Å². The molecule has 1 aromatic heterocycles. The van der Waals surface area contributed by atoms with E-state index >= 15 is 0 Å². The molecule has 0 aliphatic rings. The van der Waals surface area contributed by atoms with Gasteiger partial charge in [0.2, 0.25) is 0 Å². The second kappa shape index (κ2) is 6.14. The van der Waals surface area contributed by atoms with Gasteiger partial charge in [0.1, 0.15) is 0 Å². The predicted molar refractivity (Wildman–Crippen MR) is 77.7 cm³/mol.